The van der Waals surface area contributed by atoms with Crippen molar-refractivity contribution in [2.24, 2.45) is 0 Å². The Balaban J connectivity index is 1.60. The molecule has 0 spiro atoms. The molecule has 0 atom stereocenters. The topological polar surface area (TPSA) is 142 Å². The van der Waals surface area contributed by atoms with Crippen molar-refractivity contribution in [3.8, 4) is 34.3 Å². The number of benzene rings is 2. The zero-order valence-corrected chi connectivity index (χ0v) is 24.3. The molecule has 1 saturated heterocycles. The number of aromatic nitrogens is 3. The number of methoxy groups -OCH3 is 1. The third-order valence-corrected chi connectivity index (χ3v) is 7.10. The van der Waals surface area contributed by atoms with E-state index in [9.17, 15) is 14.4 Å². The lowest BCUT2D eigenvalue weighted by atomic mass is 9.96. The highest BCUT2D eigenvalue weighted by Crippen LogP contribution is 2.43. The van der Waals surface area contributed by atoms with E-state index in [0.29, 0.717) is 70.8 Å². The first-order valence-corrected chi connectivity index (χ1v) is 13.7. The van der Waals surface area contributed by atoms with E-state index < -0.39 is 11.7 Å². The maximum Gasteiger partial charge on any atom is 0.407 e. The fourth-order valence-corrected chi connectivity index (χ4v) is 5.33. The van der Waals surface area contributed by atoms with Crippen LogP contribution in [0.4, 0.5) is 20.7 Å². The number of hydrogen-bond donors (Lipinski definition) is 3. The number of fused-ring (bicyclic) bond motifs is 1. The number of H-pyrrole nitrogens is 1. The number of aryl methyl sites for hydroxylation is 1. The number of nitrogens with one attached hydrogen (secondary N) is 2. The van der Waals surface area contributed by atoms with Gasteiger partial charge in [0.1, 0.15) is 34.3 Å². The molecule has 4 N–H and O–H groups in total. The normalized spacial score (nSPS) is 14.1. The van der Waals surface area contributed by atoms with Crippen LogP contribution in [0.5, 0.6) is 5.75 Å². The van der Waals surface area contributed by atoms with Crippen LogP contribution in [0.3, 0.4) is 0 Å². The molecule has 1 fully saturated rings. The Morgan fingerprint density at radius 3 is 2.60 bits per heavy atom. The molecule has 0 bridgehead atoms. The number of alkyl carbamates (subject to hydrolysis) is 1. The summed E-state index contributed by atoms with van der Waals surface area (Å²) in [6.07, 6.45) is 2.52. The quantitative estimate of drug-likeness (QED) is 0.277. The summed E-state index contributed by atoms with van der Waals surface area (Å²) >= 11 is 0. The average molecular weight is 572 g/mol. The maximum absolute atomic E-state index is 14.6. The fraction of sp³-hybridized carbons (Fsp3) is 0.355. The SMILES string of the molecule is COc1cc(C#N)cc2[nH]c(-c3c(N)ncc(-c4cc(C)cc(F)c4)c3N3CCC(NC(=O)OC(C)(C)C)CC3)nc12. The van der Waals surface area contributed by atoms with Crippen molar-refractivity contribution < 1.29 is 18.7 Å². The monoisotopic (exact) mass is 571 g/mol. The average Bonchev–Trinajstić information content (AvgIpc) is 3.34. The first kappa shape index (κ1) is 28.7. The number of nitrogens with two attached hydrogens (primary N) is 1. The van der Waals surface area contributed by atoms with E-state index in [0.717, 1.165) is 11.3 Å². The Kier molecular flexibility index (Phi) is 7.65. The van der Waals surface area contributed by atoms with E-state index in [1.807, 2.05) is 33.8 Å². The van der Waals surface area contributed by atoms with Crippen molar-refractivity contribution in [2.45, 2.75) is 52.2 Å². The summed E-state index contributed by atoms with van der Waals surface area (Å²) < 4.78 is 25.6. The van der Waals surface area contributed by atoms with Gasteiger partial charge in [-0.3, -0.25) is 0 Å². The Labute approximate surface area is 243 Å². The summed E-state index contributed by atoms with van der Waals surface area (Å²) in [4.78, 5) is 27.2. The molecule has 218 valence electrons. The van der Waals surface area contributed by atoms with Crippen molar-refractivity contribution >= 4 is 28.6 Å². The zero-order chi connectivity index (χ0) is 30.2. The number of carbonyl (C=O) groups excluding carboxylic acids is 1. The van der Waals surface area contributed by atoms with E-state index in [-0.39, 0.29) is 17.7 Å². The van der Waals surface area contributed by atoms with E-state index in [1.165, 1.54) is 19.2 Å². The second kappa shape index (κ2) is 11.2. The number of aromatic amines is 1. The molecule has 0 unspecified atom stereocenters. The number of carbonyl (C=O) groups is 1. The number of amides is 1. The molecule has 1 aliphatic heterocycles. The first-order valence-electron chi connectivity index (χ1n) is 13.7. The van der Waals surface area contributed by atoms with Crippen LogP contribution in [0.1, 0.15) is 44.7 Å². The lowest BCUT2D eigenvalue weighted by molar-refractivity contribution is 0.0497. The highest BCUT2D eigenvalue weighted by Gasteiger charge is 2.29. The summed E-state index contributed by atoms with van der Waals surface area (Å²) in [6, 6.07) is 10.3. The number of piperidine rings is 1. The fourth-order valence-electron chi connectivity index (χ4n) is 5.33. The first-order chi connectivity index (χ1) is 20.0. The van der Waals surface area contributed by atoms with Crippen LogP contribution in [-0.2, 0) is 4.74 Å². The van der Waals surface area contributed by atoms with Gasteiger partial charge in [-0.1, -0.05) is 6.07 Å². The lowest BCUT2D eigenvalue weighted by Crippen LogP contribution is -2.46. The van der Waals surface area contributed by atoms with Gasteiger partial charge in [-0.15, -0.1) is 0 Å². The molecular weight excluding hydrogens is 537 g/mol. The number of hydrogen-bond acceptors (Lipinski definition) is 8. The number of anilines is 2. The minimum Gasteiger partial charge on any atom is -0.494 e. The standard InChI is InChI=1S/C31H34FN7O3/c1-17-10-19(14-20(32)11-17)22-16-35-28(34)25(29-37-23-12-18(15-33)13-24(41-5)26(23)38-29)27(22)39-8-6-21(7-9-39)36-30(40)42-31(2,3)4/h10-14,16,21H,6-9H2,1-5H3,(H2,34,35)(H,36,40)(H,37,38). The van der Waals surface area contributed by atoms with Gasteiger partial charge in [-0.25, -0.2) is 19.2 Å². The molecule has 4 aromatic rings. The predicted molar refractivity (Wildman–Crippen MR) is 160 cm³/mol. The van der Waals surface area contributed by atoms with Crippen LogP contribution in [0.2, 0.25) is 0 Å². The van der Waals surface area contributed by atoms with E-state index in [2.05, 4.69) is 26.3 Å². The second-order valence-corrected chi connectivity index (χ2v) is 11.5. The lowest BCUT2D eigenvalue weighted by Gasteiger charge is -2.36. The molecule has 3 heterocycles. The number of nitrogen functional groups attached to an aromatic ring is 1. The smallest absolute Gasteiger partial charge is 0.407 e. The van der Waals surface area contributed by atoms with E-state index >= 15 is 0 Å². The Bertz CT molecular complexity index is 1680. The number of ether oxygens (including phenoxy) is 2. The molecule has 0 radical (unpaired) electrons. The van der Waals surface area contributed by atoms with Gasteiger partial charge in [0.2, 0.25) is 0 Å². The summed E-state index contributed by atoms with van der Waals surface area (Å²) in [5, 5.41) is 12.5. The van der Waals surface area contributed by atoms with Gasteiger partial charge in [0.05, 0.1) is 35.5 Å². The summed E-state index contributed by atoms with van der Waals surface area (Å²) in [7, 11) is 1.52. The molecule has 2 aromatic carbocycles. The minimum absolute atomic E-state index is 0.0709. The highest BCUT2D eigenvalue weighted by molar-refractivity contribution is 5.96. The Morgan fingerprint density at radius 1 is 1.21 bits per heavy atom. The summed E-state index contributed by atoms with van der Waals surface area (Å²) in [6.45, 7) is 8.49. The maximum atomic E-state index is 14.6. The van der Waals surface area contributed by atoms with Crippen molar-refractivity contribution in [1.29, 1.82) is 5.26 Å². The van der Waals surface area contributed by atoms with Gasteiger partial charge in [0.15, 0.2) is 0 Å². The molecule has 10 nitrogen and oxygen atoms in total. The number of rotatable bonds is 5. The van der Waals surface area contributed by atoms with Crippen molar-refractivity contribution in [2.75, 3.05) is 30.8 Å². The molecule has 42 heavy (non-hydrogen) atoms. The zero-order valence-electron chi connectivity index (χ0n) is 24.3. The number of nitrogens with zero attached hydrogens (tertiary/aromatic N) is 4. The van der Waals surface area contributed by atoms with Gasteiger partial charge in [-0.2, -0.15) is 5.26 Å². The van der Waals surface area contributed by atoms with Gasteiger partial charge >= 0.3 is 6.09 Å². The van der Waals surface area contributed by atoms with Crippen LogP contribution >= 0.6 is 0 Å². The second-order valence-electron chi connectivity index (χ2n) is 11.5. The minimum atomic E-state index is -0.588. The molecule has 11 heteroatoms. The number of pyridine rings is 1. The summed E-state index contributed by atoms with van der Waals surface area (Å²) in [5.41, 5.74) is 11.0. The molecule has 2 aromatic heterocycles. The molecule has 0 aliphatic carbocycles. The molecule has 0 saturated carbocycles. The van der Waals surface area contributed by atoms with Crippen molar-refractivity contribution in [3.63, 3.8) is 0 Å². The van der Waals surface area contributed by atoms with E-state index in [1.54, 1.807) is 18.3 Å². The third-order valence-electron chi connectivity index (χ3n) is 7.10. The molecule has 1 aliphatic rings. The van der Waals surface area contributed by atoms with Gasteiger partial charge in [-0.05, 0) is 69.9 Å². The predicted octanol–water partition coefficient (Wildman–Crippen LogP) is 5.70. The van der Waals surface area contributed by atoms with Crippen molar-refractivity contribution in [1.82, 2.24) is 20.3 Å². The number of nitriles is 1. The van der Waals surface area contributed by atoms with Gasteiger partial charge in [0, 0.05) is 37.0 Å². The number of imidazole rings is 1. The van der Waals surface area contributed by atoms with Gasteiger partial charge in [0.25, 0.3) is 0 Å². The van der Waals surface area contributed by atoms with Crippen molar-refractivity contribution in [3.05, 3.63) is 53.5 Å². The number of halogens is 1. The highest BCUT2D eigenvalue weighted by atomic mass is 19.1. The molecule has 1 amide bonds. The Morgan fingerprint density at radius 2 is 1.95 bits per heavy atom. The molecular formula is C31H34FN7O3. The van der Waals surface area contributed by atoms with Crippen LogP contribution < -0.4 is 20.7 Å². The van der Waals surface area contributed by atoms with Crippen LogP contribution in [-0.4, -0.2) is 52.9 Å². The van der Waals surface area contributed by atoms with Crippen LogP contribution in [0.15, 0.2) is 36.5 Å². The Hall–Kier alpha value is -4.85. The third kappa shape index (κ3) is 5.93. The largest absolute Gasteiger partial charge is 0.494 e. The van der Waals surface area contributed by atoms with Gasteiger partial charge < -0.3 is 30.4 Å². The van der Waals surface area contributed by atoms with Crippen LogP contribution in [0.25, 0.3) is 33.5 Å². The summed E-state index contributed by atoms with van der Waals surface area (Å²) in [5.74, 6) is 0.787. The molecule has 5 rings (SSSR count). The van der Waals surface area contributed by atoms with E-state index in [4.69, 9.17) is 20.2 Å². The van der Waals surface area contributed by atoms with Crippen LogP contribution in [0, 0.1) is 24.1 Å².